The lowest BCUT2D eigenvalue weighted by molar-refractivity contribution is -0.229. The van der Waals surface area contributed by atoms with E-state index in [1.807, 2.05) is 20.8 Å². The van der Waals surface area contributed by atoms with Gasteiger partial charge in [-0.3, -0.25) is 14.4 Å². The first-order valence-electron chi connectivity index (χ1n) is 12.5. The van der Waals surface area contributed by atoms with Gasteiger partial charge in [0.15, 0.2) is 11.4 Å². The maximum absolute atomic E-state index is 13.1. The molecule has 1 unspecified atom stereocenters. The van der Waals surface area contributed by atoms with Crippen molar-refractivity contribution in [2.24, 2.45) is 35.0 Å². The zero-order valence-electron chi connectivity index (χ0n) is 21.6. The Morgan fingerprint density at radius 2 is 1.86 bits per heavy atom. The summed E-state index contributed by atoms with van der Waals surface area (Å²) >= 11 is 0. The van der Waals surface area contributed by atoms with Gasteiger partial charge in [0, 0.05) is 42.4 Å². The molecular formula is C27H38O8. The number of Topliss-reactive ketones (excluding diaryl/α,β-unsaturated/α-hetero) is 1. The molecule has 0 bridgehead atoms. The zero-order chi connectivity index (χ0) is 26.3. The number of fused-ring (bicyclic) bond motifs is 5. The van der Waals surface area contributed by atoms with E-state index in [1.165, 1.54) is 6.92 Å². The van der Waals surface area contributed by atoms with Gasteiger partial charge in [-0.25, -0.2) is 0 Å². The van der Waals surface area contributed by atoms with Gasteiger partial charge in [0.25, 0.3) is 0 Å². The SMILES string of the molecule is CCC(C)C(=O)O[C@@]12[C@H](OC(C)=O)[C@@H](C)[C@@]3(O)[C@@H](C=C(CO)C[C@@]4(O)C(=O)C(C)=C[C@@H]34)[C@@H]1C2(C)C. The van der Waals surface area contributed by atoms with Crippen LogP contribution in [0.5, 0.6) is 0 Å². The van der Waals surface area contributed by atoms with Gasteiger partial charge in [-0.15, -0.1) is 0 Å². The molecule has 2 fully saturated rings. The predicted octanol–water partition coefficient (Wildman–Crippen LogP) is 2.10. The normalized spacial score (nSPS) is 44.1. The van der Waals surface area contributed by atoms with Crippen LogP contribution in [-0.2, 0) is 23.9 Å². The molecule has 9 atom stereocenters. The Kier molecular flexibility index (Phi) is 5.94. The topological polar surface area (TPSA) is 130 Å². The molecule has 2 saturated carbocycles. The molecule has 8 heteroatoms. The minimum absolute atomic E-state index is 0.114. The molecule has 0 aromatic rings. The number of rotatable bonds is 5. The van der Waals surface area contributed by atoms with E-state index >= 15 is 0 Å². The molecule has 3 N–H and O–H groups in total. The third-order valence-electron chi connectivity index (χ3n) is 9.54. The van der Waals surface area contributed by atoms with Crippen LogP contribution in [0.15, 0.2) is 23.3 Å². The molecule has 4 aliphatic rings. The molecule has 0 spiro atoms. The van der Waals surface area contributed by atoms with E-state index in [0.29, 0.717) is 17.6 Å². The number of ether oxygens (including phenoxy) is 2. The van der Waals surface area contributed by atoms with Gasteiger partial charge in [0.05, 0.1) is 18.1 Å². The quantitative estimate of drug-likeness (QED) is 0.395. The minimum atomic E-state index is -1.93. The standard InChI is InChI=1S/C27H38O8/c1-8-13(2)23(31)35-27-20(24(27,6)7)18-10-17(12-28)11-25(32)19(9-14(3)21(25)30)26(18,33)15(4)22(27)34-16(5)29/h9-10,13,15,18-20,22,28,32-33H,8,11-12H2,1-7H3/t13?,15-,18+,19-,20-,22-,25+,26-,27-/m1/s1. The second-order valence-corrected chi connectivity index (χ2v) is 11.7. The molecule has 194 valence electrons. The Morgan fingerprint density at radius 3 is 2.40 bits per heavy atom. The molecule has 4 rings (SSSR count). The second kappa shape index (κ2) is 7.98. The van der Waals surface area contributed by atoms with Crippen molar-refractivity contribution in [3.8, 4) is 0 Å². The van der Waals surface area contributed by atoms with Crippen LogP contribution in [0, 0.1) is 35.0 Å². The predicted molar refractivity (Wildman–Crippen MR) is 126 cm³/mol. The van der Waals surface area contributed by atoms with Crippen molar-refractivity contribution in [2.45, 2.75) is 84.2 Å². The highest BCUT2D eigenvalue weighted by Gasteiger charge is 2.88. The molecule has 0 heterocycles. The first-order valence-corrected chi connectivity index (χ1v) is 12.5. The summed E-state index contributed by atoms with van der Waals surface area (Å²) in [6, 6.07) is 0. The van der Waals surface area contributed by atoms with Crippen LogP contribution in [0.25, 0.3) is 0 Å². The number of carbonyl (C=O) groups is 3. The summed E-state index contributed by atoms with van der Waals surface area (Å²) in [5.74, 6) is -4.75. The molecule has 0 aromatic carbocycles. The van der Waals surface area contributed by atoms with Gasteiger partial charge in [-0.1, -0.05) is 46.8 Å². The summed E-state index contributed by atoms with van der Waals surface area (Å²) < 4.78 is 12.0. The maximum atomic E-state index is 13.1. The average molecular weight is 491 g/mol. The highest BCUT2D eigenvalue weighted by molar-refractivity contribution is 6.04. The maximum Gasteiger partial charge on any atom is 0.309 e. The molecule has 8 nitrogen and oxygen atoms in total. The molecule has 35 heavy (non-hydrogen) atoms. The number of hydrogen-bond acceptors (Lipinski definition) is 8. The van der Waals surface area contributed by atoms with Gasteiger partial charge < -0.3 is 24.8 Å². The molecule has 0 radical (unpaired) electrons. The summed E-state index contributed by atoms with van der Waals surface area (Å²) in [6.07, 6.45) is 2.83. The Labute approximate surface area is 206 Å². The van der Waals surface area contributed by atoms with E-state index in [0.717, 1.165) is 0 Å². The van der Waals surface area contributed by atoms with Crippen molar-refractivity contribution in [1.29, 1.82) is 0 Å². The highest BCUT2D eigenvalue weighted by atomic mass is 16.6. The summed E-state index contributed by atoms with van der Waals surface area (Å²) in [7, 11) is 0. The van der Waals surface area contributed by atoms with E-state index in [9.17, 15) is 29.7 Å². The van der Waals surface area contributed by atoms with E-state index in [1.54, 1.807) is 32.9 Å². The zero-order valence-corrected chi connectivity index (χ0v) is 21.6. The average Bonchev–Trinajstić information content (AvgIpc) is 3.21. The van der Waals surface area contributed by atoms with Gasteiger partial charge in [0.1, 0.15) is 11.7 Å². The third-order valence-corrected chi connectivity index (χ3v) is 9.54. The van der Waals surface area contributed by atoms with Crippen molar-refractivity contribution in [3.05, 3.63) is 23.3 Å². The first-order chi connectivity index (χ1) is 16.1. The number of ketones is 1. The van der Waals surface area contributed by atoms with Crippen LogP contribution in [0.1, 0.15) is 61.3 Å². The molecule has 0 aliphatic heterocycles. The van der Waals surface area contributed by atoms with Crippen LogP contribution in [0.2, 0.25) is 0 Å². The molecule has 4 aliphatic carbocycles. The highest BCUT2D eigenvalue weighted by Crippen LogP contribution is 2.77. The number of hydrogen-bond donors (Lipinski definition) is 3. The fraction of sp³-hybridized carbons (Fsp3) is 0.741. The van der Waals surface area contributed by atoms with Crippen LogP contribution in [-0.4, -0.2) is 62.6 Å². The minimum Gasteiger partial charge on any atom is -0.458 e. The fourth-order valence-electron chi connectivity index (χ4n) is 7.44. The lowest BCUT2D eigenvalue weighted by Gasteiger charge is -2.53. The van der Waals surface area contributed by atoms with Crippen molar-refractivity contribution in [3.63, 3.8) is 0 Å². The fourth-order valence-corrected chi connectivity index (χ4v) is 7.44. The summed E-state index contributed by atoms with van der Waals surface area (Å²) in [5.41, 5.74) is -4.74. The lowest BCUT2D eigenvalue weighted by atomic mass is 9.59. The number of esters is 2. The summed E-state index contributed by atoms with van der Waals surface area (Å²) in [6.45, 7) is 11.7. The second-order valence-electron chi connectivity index (χ2n) is 11.7. The van der Waals surface area contributed by atoms with Crippen LogP contribution < -0.4 is 0 Å². The van der Waals surface area contributed by atoms with Crippen molar-refractivity contribution in [1.82, 2.24) is 0 Å². The van der Waals surface area contributed by atoms with Gasteiger partial charge >= 0.3 is 11.9 Å². The smallest absolute Gasteiger partial charge is 0.309 e. The van der Waals surface area contributed by atoms with Crippen molar-refractivity contribution in [2.75, 3.05) is 6.61 Å². The Hall–Kier alpha value is -2.03. The summed E-state index contributed by atoms with van der Waals surface area (Å²) in [5, 5.41) is 34.3. The van der Waals surface area contributed by atoms with E-state index in [4.69, 9.17) is 9.47 Å². The van der Waals surface area contributed by atoms with E-state index in [2.05, 4.69) is 0 Å². The first kappa shape index (κ1) is 26.0. The monoisotopic (exact) mass is 490 g/mol. The van der Waals surface area contributed by atoms with Crippen molar-refractivity contribution < 1.29 is 39.2 Å². The van der Waals surface area contributed by atoms with E-state index in [-0.39, 0.29) is 18.9 Å². The van der Waals surface area contributed by atoms with Crippen LogP contribution in [0.4, 0.5) is 0 Å². The van der Waals surface area contributed by atoms with E-state index < -0.39 is 69.7 Å². The van der Waals surface area contributed by atoms with Crippen LogP contribution in [0.3, 0.4) is 0 Å². The Morgan fingerprint density at radius 1 is 1.23 bits per heavy atom. The number of aliphatic hydroxyl groups is 3. The summed E-state index contributed by atoms with van der Waals surface area (Å²) in [4.78, 5) is 38.4. The van der Waals surface area contributed by atoms with Gasteiger partial charge in [-0.05, 0) is 24.5 Å². The van der Waals surface area contributed by atoms with Gasteiger partial charge in [-0.2, -0.15) is 0 Å². The molecular weight excluding hydrogens is 452 g/mol. The Bertz CT molecular complexity index is 1030. The molecule has 0 aromatic heterocycles. The molecule has 0 amide bonds. The number of carbonyl (C=O) groups excluding carboxylic acids is 3. The third kappa shape index (κ3) is 3.18. The lowest BCUT2D eigenvalue weighted by Crippen LogP contribution is -2.66. The largest absolute Gasteiger partial charge is 0.458 e. The van der Waals surface area contributed by atoms with Gasteiger partial charge in [0.2, 0.25) is 0 Å². The molecule has 0 saturated heterocycles. The Balaban J connectivity index is 1.94. The van der Waals surface area contributed by atoms with Crippen LogP contribution >= 0.6 is 0 Å². The number of aliphatic hydroxyl groups excluding tert-OH is 1. The van der Waals surface area contributed by atoms with Crippen molar-refractivity contribution >= 4 is 17.7 Å².